The van der Waals surface area contributed by atoms with Crippen LogP contribution in [0.5, 0.6) is 0 Å². The summed E-state index contributed by atoms with van der Waals surface area (Å²) in [6.45, 7) is 10.9. The Bertz CT molecular complexity index is 506. The molecular formula is C20H32N2O. The average molecular weight is 316 g/mol. The Hall–Kier alpha value is -1.35. The number of nitrogens with one attached hydrogen (secondary N) is 2. The molecule has 0 aromatic heterocycles. The maximum absolute atomic E-state index is 12.6. The summed E-state index contributed by atoms with van der Waals surface area (Å²) in [7, 11) is 0. The maximum Gasteiger partial charge on any atom is 0.220 e. The lowest BCUT2D eigenvalue weighted by Crippen LogP contribution is -2.37. The molecule has 23 heavy (non-hydrogen) atoms. The predicted octanol–water partition coefficient (Wildman–Crippen LogP) is 3.83. The Balaban J connectivity index is 1.97. The highest BCUT2D eigenvalue weighted by Crippen LogP contribution is 2.26. The Kier molecular flexibility index (Phi) is 6.64. The first-order valence-corrected chi connectivity index (χ1v) is 9.04. The van der Waals surface area contributed by atoms with Gasteiger partial charge in [-0.25, -0.2) is 0 Å². The highest BCUT2D eigenvalue weighted by Gasteiger charge is 2.24. The summed E-state index contributed by atoms with van der Waals surface area (Å²) in [6, 6.07) is 8.46. The van der Waals surface area contributed by atoms with Gasteiger partial charge in [-0.05, 0) is 61.7 Å². The topological polar surface area (TPSA) is 41.1 Å². The van der Waals surface area contributed by atoms with Crippen LogP contribution in [0.4, 0.5) is 0 Å². The van der Waals surface area contributed by atoms with E-state index in [1.807, 2.05) is 0 Å². The Morgan fingerprint density at radius 1 is 1.30 bits per heavy atom. The summed E-state index contributed by atoms with van der Waals surface area (Å²) in [5, 5.41) is 6.73. The van der Waals surface area contributed by atoms with E-state index in [2.05, 4.69) is 62.6 Å². The second-order valence-electron chi connectivity index (χ2n) is 7.43. The third-order valence-electron chi connectivity index (χ3n) is 5.15. The Morgan fingerprint density at radius 3 is 2.65 bits per heavy atom. The third kappa shape index (κ3) is 5.07. The summed E-state index contributed by atoms with van der Waals surface area (Å²) in [5.41, 5.74) is 2.49. The van der Waals surface area contributed by atoms with E-state index in [0.717, 1.165) is 13.1 Å². The molecule has 0 radical (unpaired) electrons. The van der Waals surface area contributed by atoms with Gasteiger partial charge in [0.05, 0.1) is 6.04 Å². The van der Waals surface area contributed by atoms with Crippen LogP contribution in [0, 0.1) is 24.7 Å². The van der Waals surface area contributed by atoms with Crippen molar-refractivity contribution in [3.63, 3.8) is 0 Å². The van der Waals surface area contributed by atoms with Gasteiger partial charge in [0.2, 0.25) is 5.91 Å². The number of aryl methyl sites for hydroxylation is 1. The van der Waals surface area contributed by atoms with E-state index < -0.39 is 0 Å². The van der Waals surface area contributed by atoms with Crippen LogP contribution in [-0.4, -0.2) is 19.0 Å². The van der Waals surface area contributed by atoms with Crippen LogP contribution in [0.3, 0.4) is 0 Å². The van der Waals surface area contributed by atoms with E-state index >= 15 is 0 Å². The minimum Gasteiger partial charge on any atom is -0.349 e. The van der Waals surface area contributed by atoms with Gasteiger partial charge in [0.1, 0.15) is 0 Å². The summed E-state index contributed by atoms with van der Waals surface area (Å²) in [6.07, 6.45) is 3.10. The molecule has 1 aliphatic heterocycles. The van der Waals surface area contributed by atoms with Gasteiger partial charge in [0, 0.05) is 6.42 Å². The van der Waals surface area contributed by atoms with Gasteiger partial charge in [-0.15, -0.1) is 0 Å². The summed E-state index contributed by atoms with van der Waals surface area (Å²) in [4.78, 5) is 12.6. The highest BCUT2D eigenvalue weighted by atomic mass is 16.1. The highest BCUT2D eigenvalue weighted by molar-refractivity contribution is 5.76. The average Bonchev–Trinajstić information content (AvgIpc) is 2.54. The molecule has 0 saturated carbocycles. The van der Waals surface area contributed by atoms with E-state index in [4.69, 9.17) is 0 Å². The molecule has 1 fully saturated rings. The fraction of sp³-hybridized carbons (Fsp3) is 0.650. The molecule has 2 N–H and O–H groups in total. The molecule has 1 amide bonds. The van der Waals surface area contributed by atoms with Gasteiger partial charge in [-0.3, -0.25) is 4.79 Å². The molecule has 3 unspecified atom stereocenters. The molecule has 1 aromatic carbocycles. The smallest absolute Gasteiger partial charge is 0.220 e. The van der Waals surface area contributed by atoms with Crippen molar-refractivity contribution < 1.29 is 4.79 Å². The van der Waals surface area contributed by atoms with Gasteiger partial charge in [0.25, 0.3) is 0 Å². The van der Waals surface area contributed by atoms with Crippen molar-refractivity contribution in [3.8, 4) is 0 Å². The van der Waals surface area contributed by atoms with E-state index in [1.165, 1.54) is 24.0 Å². The van der Waals surface area contributed by atoms with Crippen LogP contribution in [-0.2, 0) is 4.79 Å². The number of benzene rings is 1. The molecule has 2 rings (SSSR count). The van der Waals surface area contributed by atoms with E-state index in [1.54, 1.807) is 0 Å². The standard InChI is InChI=1S/C20H32N2O/c1-14(2)20(18-10-6-5-8-15(18)3)22-19(23)12-16(4)17-9-7-11-21-13-17/h5-6,8,10,14,16-17,20-21H,7,9,11-13H2,1-4H3,(H,22,23). The molecule has 1 heterocycles. The number of piperidine rings is 1. The molecule has 3 atom stereocenters. The fourth-order valence-corrected chi connectivity index (χ4v) is 3.60. The van der Waals surface area contributed by atoms with Crippen molar-refractivity contribution in [2.24, 2.45) is 17.8 Å². The molecule has 1 aromatic rings. The zero-order valence-electron chi connectivity index (χ0n) is 15.1. The van der Waals surface area contributed by atoms with Gasteiger partial charge < -0.3 is 10.6 Å². The molecule has 0 spiro atoms. The second-order valence-corrected chi connectivity index (χ2v) is 7.43. The van der Waals surface area contributed by atoms with Gasteiger partial charge in [0.15, 0.2) is 0 Å². The number of hydrogen-bond acceptors (Lipinski definition) is 2. The van der Waals surface area contributed by atoms with Gasteiger partial charge >= 0.3 is 0 Å². The van der Waals surface area contributed by atoms with Crippen LogP contribution in [0.15, 0.2) is 24.3 Å². The minimum absolute atomic E-state index is 0.0976. The molecule has 0 aliphatic carbocycles. The van der Waals surface area contributed by atoms with Crippen LogP contribution in [0.2, 0.25) is 0 Å². The molecule has 3 nitrogen and oxygen atoms in total. The second kappa shape index (κ2) is 8.49. The molecule has 128 valence electrons. The summed E-state index contributed by atoms with van der Waals surface area (Å²) in [5.74, 6) is 1.63. The van der Waals surface area contributed by atoms with Crippen molar-refractivity contribution in [2.45, 2.75) is 53.0 Å². The van der Waals surface area contributed by atoms with Crippen molar-refractivity contribution in [2.75, 3.05) is 13.1 Å². The van der Waals surface area contributed by atoms with E-state index in [-0.39, 0.29) is 11.9 Å². The first-order valence-electron chi connectivity index (χ1n) is 9.04. The first kappa shape index (κ1) is 18.0. The number of carbonyl (C=O) groups excluding carboxylic acids is 1. The lowest BCUT2D eigenvalue weighted by atomic mass is 9.85. The van der Waals surface area contributed by atoms with E-state index in [0.29, 0.717) is 24.2 Å². The normalized spacial score (nSPS) is 21.0. The van der Waals surface area contributed by atoms with Crippen LogP contribution in [0.25, 0.3) is 0 Å². The molecule has 3 heteroatoms. The summed E-state index contributed by atoms with van der Waals surface area (Å²) >= 11 is 0. The van der Waals surface area contributed by atoms with Crippen molar-refractivity contribution in [3.05, 3.63) is 35.4 Å². The lowest BCUT2D eigenvalue weighted by molar-refractivity contribution is -0.123. The largest absolute Gasteiger partial charge is 0.349 e. The summed E-state index contributed by atoms with van der Waals surface area (Å²) < 4.78 is 0. The number of rotatable bonds is 6. The first-order chi connectivity index (χ1) is 11.0. The van der Waals surface area contributed by atoms with Crippen molar-refractivity contribution >= 4 is 5.91 Å². The fourth-order valence-electron chi connectivity index (χ4n) is 3.60. The number of amides is 1. The zero-order valence-corrected chi connectivity index (χ0v) is 15.1. The maximum atomic E-state index is 12.6. The van der Waals surface area contributed by atoms with Crippen molar-refractivity contribution in [1.29, 1.82) is 0 Å². The quantitative estimate of drug-likeness (QED) is 0.837. The van der Waals surface area contributed by atoms with Gasteiger partial charge in [-0.1, -0.05) is 45.0 Å². The van der Waals surface area contributed by atoms with Crippen LogP contribution in [0.1, 0.15) is 57.2 Å². The third-order valence-corrected chi connectivity index (χ3v) is 5.15. The van der Waals surface area contributed by atoms with Crippen LogP contribution >= 0.6 is 0 Å². The van der Waals surface area contributed by atoms with Gasteiger partial charge in [-0.2, -0.15) is 0 Å². The Labute approximate surface area is 141 Å². The number of carbonyl (C=O) groups is 1. The van der Waals surface area contributed by atoms with Crippen molar-refractivity contribution in [1.82, 2.24) is 10.6 Å². The van der Waals surface area contributed by atoms with Crippen LogP contribution < -0.4 is 10.6 Å². The van der Waals surface area contributed by atoms with E-state index in [9.17, 15) is 4.79 Å². The SMILES string of the molecule is Cc1ccccc1C(NC(=O)CC(C)C1CCCNC1)C(C)C. The monoisotopic (exact) mass is 316 g/mol. The molecular weight excluding hydrogens is 284 g/mol. The molecule has 1 aliphatic rings. The lowest BCUT2D eigenvalue weighted by Gasteiger charge is -2.29. The minimum atomic E-state index is 0.0976. The zero-order chi connectivity index (χ0) is 16.8. The Morgan fingerprint density at radius 2 is 2.04 bits per heavy atom. The molecule has 0 bridgehead atoms. The predicted molar refractivity (Wildman–Crippen MR) is 96.3 cm³/mol. The number of hydrogen-bond donors (Lipinski definition) is 2. The molecule has 1 saturated heterocycles.